The van der Waals surface area contributed by atoms with Crippen LogP contribution in [0.3, 0.4) is 0 Å². The molecule has 0 saturated carbocycles. The van der Waals surface area contributed by atoms with Crippen LogP contribution < -0.4 is 4.74 Å². The Balaban J connectivity index is 2.76. The van der Waals surface area contributed by atoms with Gasteiger partial charge in [0.05, 0.1) is 6.21 Å². The summed E-state index contributed by atoms with van der Waals surface area (Å²) >= 11 is -1.37. The standard InChI is InChI=1S/C12H15F2NO2S/c1-12(2,3)18(16)15-8-9-5-4-6-10(7-9)17-11(13)14/h4-8,11H,1-3H3/b15-8+. The molecule has 0 heterocycles. The van der Waals surface area contributed by atoms with E-state index in [1.165, 1.54) is 18.3 Å². The minimum atomic E-state index is -2.86. The smallest absolute Gasteiger partial charge is 0.387 e. The van der Waals surface area contributed by atoms with Crippen LogP contribution in [0.2, 0.25) is 0 Å². The predicted octanol–water partition coefficient (Wildman–Crippen LogP) is 3.17. The Morgan fingerprint density at radius 3 is 2.61 bits per heavy atom. The third-order valence-electron chi connectivity index (χ3n) is 1.90. The van der Waals surface area contributed by atoms with E-state index in [-0.39, 0.29) is 5.75 Å². The lowest BCUT2D eigenvalue weighted by Gasteiger charge is -2.17. The van der Waals surface area contributed by atoms with E-state index >= 15 is 0 Å². The predicted molar refractivity (Wildman–Crippen MR) is 68.6 cm³/mol. The normalized spacial score (nSPS) is 14.2. The SMILES string of the molecule is CC(C)(C)[S+]([O-])/N=C/c1cccc(OC(F)F)c1. The van der Waals surface area contributed by atoms with Crippen LogP contribution in [0.4, 0.5) is 8.78 Å². The van der Waals surface area contributed by atoms with Crippen molar-refractivity contribution in [2.45, 2.75) is 32.1 Å². The van der Waals surface area contributed by atoms with E-state index in [0.717, 1.165) is 0 Å². The third kappa shape index (κ3) is 5.01. The van der Waals surface area contributed by atoms with Crippen LogP contribution in [-0.4, -0.2) is 22.1 Å². The van der Waals surface area contributed by atoms with Gasteiger partial charge >= 0.3 is 6.61 Å². The molecule has 3 nitrogen and oxygen atoms in total. The van der Waals surface area contributed by atoms with Gasteiger partial charge in [0.1, 0.15) is 21.9 Å². The van der Waals surface area contributed by atoms with Gasteiger partial charge in [0.15, 0.2) is 0 Å². The van der Waals surface area contributed by atoms with Crippen molar-refractivity contribution in [3.63, 3.8) is 0 Å². The number of halogens is 2. The lowest BCUT2D eigenvalue weighted by atomic mass is 10.2. The highest BCUT2D eigenvalue weighted by atomic mass is 32.2. The number of alkyl halides is 2. The van der Waals surface area contributed by atoms with Crippen LogP contribution in [-0.2, 0) is 11.4 Å². The van der Waals surface area contributed by atoms with Crippen molar-refractivity contribution < 1.29 is 18.1 Å². The van der Waals surface area contributed by atoms with Gasteiger partial charge in [-0.25, -0.2) is 0 Å². The van der Waals surface area contributed by atoms with Gasteiger partial charge in [-0.3, -0.25) is 0 Å². The molecule has 1 aromatic carbocycles. The van der Waals surface area contributed by atoms with Gasteiger partial charge in [-0.05, 0) is 32.9 Å². The van der Waals surface area contributed by atoms with Gasteiger partial charge in [0.25, 0.3) is 0 Å². The molecule has 0 amide bonds. The molecule has 0 aliphatic rings. The molecule has 0 bridgehead atoms. The van der Waals surface area contributed by atoms with Crippen LogP contribution in [0.25, 0.3) is 0 Å². The number of hydrogen-bond donors (Lipinski definition) is 0. The van der Waals surface area contributed by atoms with Crippen molar-refractivity contribution in [3.8, 4) is 5.75 Å². The Labute approximate surface area is 108 Å². The summed E-state index contributed by atoms with van der Waals surface area (Å²) in [5, 5.41) is 0. The van der Waals surface area contributed by atoms with E-state index in [4.69, 9.17) is 0 Å². The van der Waals surface area contributed by atoms with Crippen LogP contribution in [0, 0.1) is 0 Å². The molecule has 0 radical (unpaired) electrons. The fourth-order valence-corrected chi connectivity index (χ4v) is 1.57. The average molecular weight is 275 g/mol. The van der Waals surface area contributed by atoms with Crippen molar-refractivity contribution in [2.24, 2.45) is 4.40 Å². The summed E-state index contributed by atoms with van der Waals surface area (Å²) in [6.45, 7) is 2.55. The van der Waals surface area contributed by atoms with Crippen LogP contribution in [0.5, 0.6) is 5.75 Å². The molecule has 6 heteroatoms. The zero-order valence-electron chi connectivity index (χ0n) is 10.4. The largest absolute Gasteiger partial charge is 0.591 e. The molecular weight excluding hydrogens is 260 g/mol. The maximum atomic E-state index is 12.0. The lowest BCUT2D eigenvalue weighted by Crippen LogP contribution is -2.25. The summed E-state index contributed by atoms with van der Waals surface area (Å²) in [5.41, 5.74) is 0.561. The van der Waals surface area contributed by atoms with Crippen LogP contribution in [0.1, 0.15) is 26.3 Å². The van der Waals surface area contributed by atoms with Crippen molar-refractivity contribution in [2.75, 3.05) is 0 Å². The first-order valence-corrected chi connectivity index (χ1v) is 6.40. The highest BCUT2D eigenvalue weighted by molar-refractivity contribution is 7.91. The van der Waals surface area contributed by atoms with Crippen LogP contribution >= 0.6 is 0 Å². The van der Waals surface area contributed by atoms with Gasteiger partial charge in [0.2, 0.25) is 0 Å². The summed E-state index contributed by atoms with van der Waals surface area (Å²) in [4.78, 5) is 0. The van der Waals surface area contributed by atoms with Crippen molar-refractivity contribution in [1.82, 2.24) is 0 Å². The fourth-order valence-electron chi connectivity index (χ4n) is 1.04. The first-order valence-electron chi connectivity index (χ1n) is 5.30. The number of benzene rings is 1. The van der Waals surface area contributed by atoms with E-state index in [9.17, 15) is 13.3 Å². The molecule has 0 aliphatic carbocycles. The highest BCUT2D eigenvalue weighted by Crippen LogP contribution is 2.18. The molecule has 0 aliphatic heterocycles. The monoisotopic (exact) mass is 275 g/mol. The Kier molecular flexibility index (Phi) is 5.10. The second-order valence-electron chi connectivity index (χ2n) is 4.55. The number of nitrogens with zero attached hydrogens (tertiary/aromatic N) is 1. The summed E-state index contributed by atoms with van der Waals surface area (Å²) in [6.07, 6.45) is 1.39. The lowest BCUT2D eigenvalue weighted by molar-refractivity contribution is -0.0498. The molecule has 0 saturated heterocycles. The van der Waals surface area contributed by atoms with Gasteiger partial charge < -0.3 is 9.29 Å². The summed E-state index contributed by atoms with van der Waals surface area (Å²) < 4.78 is 43.4. The first kappa shape index (κ1) is 14.9. The van der Waals surface area contributed by atoms with Gasteiger partial charge in [-0.15, -0.1) is 0 Å². The van der Waals surface area contributed by atoms with E-state index in [0.29, 0.717) is 5.56 Å². The molecule has 0 N–H and O–H groups in total. The fraction of sp³-hybridized carbons (Fsp3) is 0.417. The topological polar surface area (TPSA) is 44.7 Å². The summed E-state index contributed by atoms with van der Waals surface area (Å²) in [7, 11) is 0. The minimum Gasteiger partial charge on any atom is -0.591 e. The molecule has 1 atom stereocenters. The minimum absolute atomic E-state index is 0.0514. The molecule has 0 fully saturated rings. The molecule has 1 unspecified atom stereocenters. The Bertz CT molecular complexity index is 419. The molecule has 0 aromatic heterocycles. The van der Waals surface area contributed by atoms with Crippen molar-refractivity contribution >= 4 is 17.6 Å². The molecular formula is C12H15F2NO2S. The molecule has 100 valence electrons. The van der Waals surface area contributed by atoms with Gasteiger partial charge in [-0.2, -0.15) is 8.78 Å². The average Bonchev–Trinajstić information content (AvgIpc) is 2.24. The summed E-state index contributed by atoms with van der Waals surface area (Å²) in [6, 6.07) is 6.07. The third-order valence-corrected chi connectivity index (χ3v) is 3.25. The van der Waals surface area contributed by atoms with E-state index in [2.05, 4.69) is 9.13 Å². The molecule has 1 aromatic rings. The number of hydrogen-bond acceptors (Lipinski definition) is 3. The Hall–Kier alpha value is -1.14. The molecule has 1 rings (SSSR count). The first-order chi connectivity index (χ1) is 8.29. The number of rotatable bonds is 4. The van der Waals surface area contributed by atoms with E-state index < -0.39 is 22.7 Å². The van der Waals surface area contributed by atoms with Gasteiger partial charge in [-0.1, -0.05) is 16.5 Å². The highest BCUT2D eigenvalue weighted by Gasteiger charge is 2.25. The van der Waals surface area contributed by atoms with Gasteiger partial charge in [0, 0.05) is 5.56 Å². The number of ether oxygens (including phenoxy) is 1. The molecule has 0 spiro atoms. The quantitative estimate of drug-likeness (QED) is 0.626. The Morgan fingerprint density at radius 1 is 1.39 bits per heavy atom. The van der Waals surface area contributed by atoms with Crippen molar-refractivity contribution in [3.05, 3.63) is 29.8 Å². The second-order valence-corrected chi connectivity index (χ2v) is 6.48. The van der Waals surface area contributed by atoms with E-state index in [1.807, 2.05) is 0 Å². The maximum absolute atomic E-state index is 12.0. The Morgan fingerprint density at radius 2 is 2.06 bits per heavy atom. The van der Waals surface area contributed by atoms with Crippen molar-refractivity contribution in [1.29, 1.82) is 0 Å². The molecule has 18 heavy (non-hydrogen) atoms. The second kappa shape index (κ2) is 6.15. The summed E-state index contributed by atoms with van der Waals surface area (Å²) in [5.74, 6) is 0.0514. The zero-order chi connectivity index (χ0) is 13.8. The maximum Gasteiger partial charge on any atom is 0.387 e. The van der Waals surface area contributed by atoms with Crippen LogP contribution in [0.15, 0.2) is 28.7 Å². The van der Waals surface area contributed by atoms with E-state index in [1.54, 1.807) is 32.9 Å². The zero-order valence-corrected chi connectivity index (χ0v) is 11.2.